The Labute approximate surface area is 112 Å². The maximum Gasteiger partial charge on any atom is 0.501 e. The van der Waals surface area contributed by atoms with Crippen molar-refractivity contribution >= 4 is 15.5 Å². The Kier molecular flexibility index (Phi) is 3.71. The molecule has 1 aromatic heterocycles. The molecule has 2 aromatic rings. The van der Waals surface area contributed by atoms with Crippen LogP contribution in [-0.2, 0) is 16.4 Å². The van der Waals surface area contributed by atoms with E-state index >= 15 is 0 Å². The largest absolute Gasteiger partial charge is 0.501 e. The van der Waals surface area contributed by atoms with E-state index in [2.05, 4.69) is 15.5 Å². The van der Waals surface area contributed by atoms with Gasteiger partial charge < -0.3 is 5.32 Å². The van der Waals surface area contributed by atoms with E-state index < -0.39 is 20.2 Å². The first-order valence-corrected chi connectivity index (χ1v) is 6.92. The molecule has 1 heterocycles. The number of hydrogen-bond donors (Lipinski definition) is 2. The van der Waals surface area contributed by atoms with Crippen LogP contribution in [0.1, 0.15) is 5.56 Å². The molecule has 0 aliphatic carbocycles. The van der Waals surface area contributed by atoms with Crippen LogP contribution in [-0.4, -0.2) is 24.1 Å². The van der Waals surface area contributed by atoms with Crippen LogP contribution in [0.4, 0.5) is 18.9 Å². The second-order valence-corrected chi connectivity index (χ2v) is 5.82. The fourth-order valence-electron chi connectivity index (χ4n) is 1.54. The molecular formula is C11H10F3N3O2S. The Balaban J connectivity index is 2.32. The van der Waals surface area contributed by atoms with E-state index in [1.807, 2.05) is 0 Å². The summed E-state index contributed by atoms with van der Waals surface area (Å²) in [5, 5.41) is 8.88. The first-order valence-electron chi connectivity index (χ1n) is 5.44. The van der Waals surface area contributed by atoms with Gasteiger partial charge in [0.15, 0.2) is 0 Å². The molecule has 9 heteroatoms. The van der Waals surface area contributed by atoms with Gasteiger partial charge in [-0.15, -0.1) is 0 Å². The summed E-state index contributed by atoms with van der Waals surface area (Å²) in [4.78, 5) is -0.795. The van der Waals surface area contributed by atoms with Crippen molar-refractivity contribution < 1.29 is 21.6 Å². The monoisotopic (exact) mass is 305 g/mol. The topological polar surface area (TPSA) is 74.8 Å². The SMILES string of the molecule is O=S(=O)(c1ccccc1NCc1cn[nH]c1)C(F)(F)F. The molecule has 0 spiro atoms. The summed E-state index contributed by atoms with van der Waals surface area (Å²) in [6.45, 7) is 0.154. The predicted octanol–water partition coefficient (Wildman–Crippen LogP) is 2.32. The molecule has 108 valence electrons. The molecule has 20 heavy (non-hydrogen) atoms. The molecule has 0 saturated carbocycles. The van der Waals surface area contributed by atoms with E-state index in [-0.39, 0.29) is 12.2 Å². The van der Waals surface area contributed by atoms with E-state index in [0.717, 1.165) is 6.07 Å². The molecule has 0 saturated heterocycles. The number of hydrogen-bond acceptors (Lipinski definition) is 4. The van der Waals surface area contributed by atoms with Crippen LogP contribution in [0.3, 0.4) is 0 Å². The lowest BCUT2D eigenvalue weighted by atomic mass is 10.3. The average molecular weight is 305 g/mol. The highest BCUT2D eigenvalue weighted by Crippen LogP contribution is 2.34. The van der Waals surface area contributed by atoms with Crippen LogP contribution in [0.25, 0.3) is 0 Å². The molecule has 0 unspecified atom stereocenters. The van der Waals surface area contributed by atoms with Crippen molar-refractivity contribution in [3.8, 4) is 0 Å². The van der Waals surface area contributed by atoms with Crippen molar-refractivity contribution in [2.24, 2.45) is 0 Å². The summed E-state index contributed by atoms with van der Waals surface area (Å²) >= 11 is 0. The third-order valence-corrected chi connectivity index (χ3v) is 4.06. The second-order valence-electron chi connectivity index (χ2n) is 3.91. The summed E-state index contributed by atoms with van der Waals surface area (Å²) in [6.07, 6.45) is 3.03. The number of halogens is 3. The lowest BCUT2D eigenvalue weighted by Crippen LogP contribution is -2.24. The smallest absolute Gasteiger partial charge is 0.380 e. The van der Waals surface area contributed by atoms with Crippen LogP contribution in [0.15, 0.2) is 41.6 Å². The number of nitrogens with zero attached hydrogens (tertiary/aromatic N) is 1. The van der Waals surface area contributed by atoms with Gasteiger partial charge in [0.2, 0.25) is 0 Å². The molecule has 0 radical (unpaired) electrons. The van der Waals surface area contributed by atoms with Gasteiger partial charge in [-0.05, 0) is 12.1 Å². The Hall–Kier alpha value is -2.03. The fraction of sp³-hybridized carbons (Fsp3) is 0.182. The standard InChI is InChI=1S/C11H10F3N3O2S/c12-11(13,14)20(18,19)10-4-2-1-3-9(10)15-5-8-6-16-17-7-8/h1-4,6-7,15H,5H2,(H,16,17). The highest BCUT2D eigenvalue weighted by molar-refractivity contribution is 7.92. The van der Waals surface area contributed by atoms with Crippen molar-refractivity contribution in [3.63, 3.8) is 0 Å². The van der Waals surface area contributed by atoms with Crippen LogP contribution in [0.5, 0.6) is 0 Å². The lowest BCUT2D eigenvalue weighted by Gasteiger charge is -2.13. The van der Waals surface area contributed by atoms with Crippen molar-refractivity contribution in [3.05, 3.63) is 42.2 Å². The minimum absolute atomic E-state index is 0.106. The van der Waals surface area contributed by atoms with Gasteiger partial charge in [0.05, 0.1) is 16.8 Å². The minimum Gasteiger partial charge on any atom is -0.380 e. The number of aromatic amines is 1. The van der Waals surface area contributed by atoms with Gasteiger partial charge in [0.25, 0.3) is 9.84 Å². The molecule has 2 N–H and O–H groups in total. The zero-order valence-corrected chi connectivity index (χ0v) is 10.8. The van der Waals surface area contributed by atoms with E-state index in [9.17, 15) is 21.6 Å². The minimum atomic E-state index is -5.38. The van der Waals surface area contributed by atoms with Crippen LogP contribution in [0.2, 0.25) is 0 Å². The molecule has 0 bridgehead atoms. The predicted molar refractivity (Wildman–Crippen MR) is 65.6 cm³/mol. The Morgan fingerprint density at radius 1 is 1.25 bits per heavy atom. The summed E-state index contributed by atoms with van der Waals surface area (Å²) in [5.74, 6) is 0. The van der Waals surface area contributed by atoms with E-state index in [1.54, 1.807) is 6.20 Å². The number of benzene rings is 1. The normalized spacial score (nSPS) is 12.3. The van der Waals surface area contributed by atoms with Gasteiger partial charge in [-0.2, -0.15) is 18.3 Å². The van der Waals surface area contributed by atoms with Crippen LogP contribution < -0.4 is 5.32 Å². The quantitative estimate of drug-likeness (QED) is 0.909. The van der Waals surface area contributed by atoms with E-state index in [1.165, 1.54) is 24.4 Å². The average Bonchev–Trinajstić information content (AvgIpc) is 2.88. The molecule has 0 aliphatic rings. The number of anilines is 1. The summed E-state index contributed by atoms with van der Waals surface area (Å²) in [7, 11) is -5.38. The van der Waals surface area contributed by atoms with E-state index in [4.69, 9.17) is 0 Å². The number of alkyl halides is 3. The highest BCUT2D eigenvalue weighted by atomic mass is 32.2. The Morgan fingerprint density at radius 3 is 2.55 bits per heavy atom. The van der Waals surface area contributed by atoms with Gasteiger partial charge in [-0.1, -0.05) is 12.1 Å². The number of nitrogens with one attached hydrogen (secondary N) is 2. The van der Waals surface area contributed by atoms with E-state index in [0.29, 0.717) is 5.56 Å². The maximum absolute atomic E-state index is 12.6. The molecule has 0 aliphatic heterocycles. The van der Waals surface area contributed by atoms with Gasteiger partial charge in [0, 0.05) is 18.3 Å². The first-order chi connectivity index (χ1) is 9.32. The van der Waals surface area contributed by atoms with Crippen LogP contribution in [0, 0.1) is 0 Å². The zero-order valence-electron chi connectivity index (χ0n) is 9.98. The molecular weight excluding hydrogens is 295 g/mol. The van der Waals surface area contributed by atoms with Crippen molar-refractivity contribution in [2.75, 3.05) is 5.32 Å². The van der Waals surface area contributed by atoms with Gasteiger partial charge in [-0.3, -0.25) is 5.10 Å². The van der Waals surface area contributed by atoms with Gasteiger partial charge in [-0.25, -0.2) is 8.42 Å². The van der Waals surface area contributed by atoms with Crippen molar-refractivity contribution in [1.29, 1.82) is 0 Å². The highest BCUT2D eigenvalue weighted by Gasteiger charge is 2.47. The number of rotatable bonds is 4. The first kappa shape index (κ1) is 14.4. The molecule has 2 rings (SSSR count). The zero-order chi connectivity index (χ0) is 14.8. The van der Waals surface area contributed by atoms with Gasteiger partial charge >= 0.3 is 5.51 Å². The molecule has 5 nitrogen and oxygen atoms in total. The second kappa shape index (κ2) is 5.16. The third-order valence-electron chi connectivity index (χ3n) is 2.52. The number of sulfone groups is 1. The fourth-order valence-corrected chi connectivity index (χ4v) is 2.48. The number of aromatic nitrogens is 2. The number of H-pyrrole nitrogens is 1. The molecule has 1 aromatic carbocycles. The summed E-state index contributed by atoms with van der Waals surface area (Å²) < 4.78 is 60.7. The van der Waals surface area contributed by atoms with Gasteiger partial charge in [0.1, 0.15) is 0 Å². The van der Waals surface area contributed by atoms with Crippen LogP contribution >= 0.6 is 0 Å². The van der Waals surface area contributed by atoms with Crippen molar-refractivity contribution in [1.82, 2.24) is 10.2 Å². The summed E-state index contributed by atoms with van der Waals surface area (Å²) in [5.41, 5.74) is -4.75. The third kappa shape index (κ3) is 2.77. The maximum atomic E-state index is 12.6. The van der Waals surface area contributed by atoms with Crippen molar-refractivity contribution in [2.45, 2.75) is 16.9 Å². The number of para-hydroxylation sites is 1. The molecule has 0 atom stereocenters. The summed E-state index contributed by atoms with van der Waals surface area (Å²) in [6, 6.07) is 4.88. The molecule has 0 fully saturated rings. The lowest BCUT2D eigenvalue weighted by molar-refractivity contribution is -0.0435. The Morgan fingerprint density at radius 2 is 1.95 bits per heavy atom. The molecule has 0 amide bonds. The Bertz CT molecular complexity index is 681.